The Balaban J connectivity index is 0.000000371. The molecule has 0 aromatic heterocycles. The molecule has 0 amide bonds. The van der Waals surface area contributed by atoms with Gasteiger partial charge in [0.15, 0.2) is 0 Å². The molecule has 1 aliphatic rings. The van der Waals surface area contributed by atoms with Gasteiger partial charge in [-0.3, -0.25) is 0 Å². The Morgan fingerprint density at radius 3 is 2.30 bits per heavy atom. The van der Waals surface area contributed by atoms with Crippen LogP contribution < -0.4 is 5.32 Å². The summed E-state index contributed by atoms with van der Waals surface area (Å²) in [5, 5.41) is 5.48. The summed E-state index contributed by atoms with van der Waals surface area (Å²) in [6.07, 6.45) is 0. The molecule has 0 unspecified atom stereocenters. The van der Waals surface area contributed by atoms with Crippen molar-refractivity contribution in [2.45, 2.75) is 27.7 Å². The van der Waals surface area contributed by atoms with E-state index < -0.39 is 0 Å². The Bertz CT molecular complexity index is 108. The highest BCUT2D eigenvalue weighted by molar-refractivity contribution is 8.02. The van der Waals surface area contributed by atoms with Gasteiger partial charge in [-0.1, -0.05) is 27.7 Å². The maximum absolute atomic E-state index is 3.28. The van der Waals surface area contributed by atoms with Crippen molar-refractivity contribution >= 4 is 11.8 Å². The maximum Gasteiger partial charge on any atom is 0.0649 e. The average molecular weight is 159 g/mol. The van der Waals surface area contributed by atoms with Gasteiger partial charge >= 0.3 is 0 Å². The zero-order chi connectivity index (χ0) is 7.98. The van der Waals surface area contributed by atoms with Crippen LogP contribution in [0.1, 0.15) is 27.7 Å². The molecule has 0 atom stereocenters. The van der Waals surface area contributed by atoms with Gasteiger partial charge in [-0.15, -0.1) is 11.8 Å². The number of allylic oxidation sites excluding steroid dienone is 1. The van der Waals surface area contributed by atoms with Gasteiger partial charge in [0, 0.05) is 5.70 Å². The molecule has 1 N–H and O–H groups in total. The van der Waals surface area contributed by atoms with Crippen LogP contribution in [0.25, 0.3) is 0 Å². The topological polar surface area (TPSA) is 12.0 Å². The smallest absolute Gasteiger partial charge is 0.0649 e. The summed E-state index contributed by atoms with van der Waals surface area (Å²) in [7, 11) is 0. The highest BCUT2D eigenvalue weighted by Crippen LogP contribution is 2.17. The predicted molar refractivity (Wildman–Crippen MR) is 49.9 cm³/mol. The monoisotopic (exact) mass is 159 g/mol. The number of nitrogens with one attached hydrogen (secondary N) is 1. The van der Waals surface area contributed by atoms with Crippen molar-refractivity contribution in [2.24, 2.45) is 5.92 Å². The Hall–Kier alpha value is -0.110. The van der Waals surface area contributed by atoms with Crippen LogP contribution in [-0.2, 0) is 0 Å². The second-order valence-corrected chi connectivity index (χ2v) is 3.07. The molecule has 1 aliphatic heterocycles. The summed E-state index contributed by atoms with van der Waals surface area (Å²) in [6.45, 7) is 8.40. The Morgan fingerprint density at radius 1 is 1.50 bits per heavy atom. The van der Waals surface area contributed by atoms with Gasteiger partial charge in [0.25, 0.3) is 0 Å². The van der Waals surface area contributed by atoms with Crippen molar-refractivity contribution in [3.8, 4) is 0 Å². The van der Waals surface area contributed by atoms with Gasteiger partial charge in [0.05, 0.1) is 5.88 Å². The number of hydrogen-bond acceptors (Lipinski definition) is 2. The van der Waals surface area contributed by atoms with Gasteiger partial charge in [0.2, 0.25) is 0 Å². The minimum atomic E-state index is 0.671. The van der Waals surface area contributed by atoms with Crippen LogP contribution in [0, 0.1) is 5.92 Å². The van der Waals surface area contributed by atoms with Crippen molar-refractivity contribution < 1.29 is 0 Å². The molecule has 10 heavy (non-hydrogen) atoms. The van der Waals surface area contributed by atoms with Crippen LogP contribution in [0.2, 0.25) is 0 Å². The SMILES string of the molecule is CC.CC(C)C1=CSCN1. The van der Waals surface area contributed by atoms with E-state index in [1.807, 2.05) is 25.6 Å². The van der Waals surface area contributed by atoms with Crippen LogP contribution >= 0.6 is 11.8 Å². The molecule has 0 bridgehead atoms. The van der Waals surface area contributed by atoms with Gasteiger partial charge in [-0.25, -0.2) is 0 Å². The standard InChI is InChI=1S/C6H11NS.C2H6/c1-5(2)6-3-8-4-7-6;1-2/h3,5,7H,4H2,1-2H3;1-2H3. The molecule has 0 saturated heterocycles. The van der Waals surface area contributed by atoms with Gasteiger partial charge < -0.3 is 5.32 Å². The molecule has 0 fully saturated rings. The molecule has 2 heteroatoms. The molecule has 0 aromatic carbocycles. The second-order valence-electron chi connectivity index (χ2n) is 2.22. The highest BCUT2D eigenvalue weighted by atomic mass is 32.2. The summed E-state index contributed by atoms with van der Waals surface area (Å²) < 4.78 is 0. The quantitative estimate of drug-likeness (QED) is 0.631. The van der Waals surface area contributed by atoms with Crippen LogP contribution in [-0.4, -0.2) is 5.88 Å². The molecule has 1 rings (SSSR count). The molecule has 0 aromatic rings. The first-order valence-corrected chi connectivity index (χ1v) is 4.91. The maximum atomic E-state index is 3.28. The Kier molecular flexibility index (Phi) is 5.60. The molecule has 0 spiro atoms. The van der Waals surface area contributed by atoms with E-state index in [4.69, 9.17) is 0 Å². The van der Waals surface area contributed by atoms with Gasteiger partial charge in [-0.2, -0.15) is 0 Å². The lowest BCUT2D eigenvalue weighted by Crippen LogP contribution is -2.10. The average Bonchev–Trinajstić information content (AvgIpc) is 2.42. The van der Waals surface area contributed by atoms with Crippen molar-refractivity contribution in [1.82, 2.24) is 5.32 Å². The van der Waals surface area contributed by atoms with E-state index in [0.717, 1.165) is 5.88 Å². The van der Waals surface area contributed by atoms with E-state index in [0.29, 0.717) is 5.92 Å². The van der Waals surface area contributed by atoms with Crippen molar-refractivity contribution in [1.29, 1.82) is 0 Å². The third-order valence-electron chi connectivity index (χ3n) is 1.19. The normalized spacial score (nSPS) is 15.5. The first-order valence-electron chi connectivity index (χ1n) is 3.86. The molecule has 1 nitrogen and oxygen atoms in total. The highest BCUT2D eigenvalue weighted by Gasteiger charge is 2.05. The van der Waals surface area contributed by atoms with E-state index in [9.17, 15) is 0 Å². The van der Waals surface area contributed by atoms with Crippen molar-refractivity contribution in [2.75, 3.05) is 5.88 Å². The van der Waals surface area contributed by atoms with Crippen LogP contribution in [0.4, 0.5) is 0 Å². The van der Waals surface area contributed by atoms with Crippen LogP contribution in [0.5, 0.6) is 0 Å². The fourth-order valence-electron chi connectivity index (χ4n) is 0.638. The summed E-state index contributed by atoms with van der Waals surface area (Å²) in [4.78, 5) is 0. The molecule has 60 valence electrons. The molecule has 0 radical (unpaired) electrons. The van der Waals surface area contributed by atoms with Crippen LogP contribution in [0.15, 0.2) is 11.1 Å². The third kappa shape index (κ3) is 3.16. The zero-order valence-corrected chi connectivity index (χ0v) is 8.09. The minimum Gasteiger partial charge on any atom is -0.378 e. The largest absolute Gasteiger partial charge is 0.378 e. The number of rotatable bonds is 1. The summed E-state index contributed by atoms with van der Waals surface area (Å²) >= 11 is 1.84. The lowest BCUT2D eigenvalue weighted by Gasteiger charge is -2.04. The Labute approximate surface area is 68.3 Å². The summed E-state index contributed by atoms with van der Waals surface area (Å²) in [6, 6.07) is 0. The fourth-order valence-corrected chi connectivity index (χ4v) is 1.51. The fraction of sp³-hybridized carbons (Fsp3) is 0.750. The van der Waals surface area contributed by atoms with Crippen molar-refractivity contribution in [3.05, 3.63) is 11.1 Å². The van der Waals surface area contributed by atoms with Gasteiger partial charge in [0.1, 0.15) is 0 Å². The molecule has 0 aliphatic carbocycles. The lowest BCUT2D eigenvalue weighted by atomic mass is 10.2. The first kappa shape index (κ1) is 9.89. The molecule has 0 saturated carbocycles. The number of hydrogen-bond donors (Lipinski definition) is 1. The molecular formula is C8H17NS. The number of thioether (sulfide) groups is 1. The van der Waals surface area contributed by atoms with E-state index in [-0.39, 0.29) is 0 Å². The van der Waals surface area contributed by atoms with E-state index in [1.54, 1.807) is 0 Å². The minimum absolute atomic E-state index is 0.671. The Morgan fingerprint density at radius 2 is 2.10 bits per heavy atom. The van der Waals surface area contributed by atoms with E-state index >= 15 is 0 Å². The summed E-state index contributed by atoms with van der Waals surface area (Å²) in [5.74, 6) is 1.73. The molecular weight excluding hydrogens is 142 g/mol. The van der Waals surface area contributed by atoms with E-state index in [1.165, 1.54) is 5.70 Å². The first-order chi connectivity index (χ1) is 4.80. The lowest BCUT2D eigenvalue weighted by molar-refractivity contribution is 0.702. The molecule has 1 heterocycles. The van der Waals surface area contributed by atoms with Gasteiger partial charge in [-0.05, 0) is 11.3 Å². The van der Waals surface area contributed by atoms with Crippen molar-refractivity contribution in [3.63, 3.8) is 0 Å². The summed E-state index contributed by atoms with van der Waals surface area (Å²) in [5.41, 5.74) is 1.38. The predicted octanol–water partition coefficient (Wildman–Crippen LogP) is 2.80. The van der Waals surface area contributed by atoms with Crippen LogP contribution in [0.3, 0.4) is 0 Å². The van der Waals surface area contributed by atoms with E-state index in [2.05, 4.69) is 24.6 Å². The zero-order valence-electron chi connectivity index (χ0n) is 7.27. The second kappa shape index (κ2) is 5.66. The third-order valence-corrected chi connectivity index (χ3v) is 1.92.